The lowest BCUT2D eigenvalue weighted by Crippen LogP contribution is -2.17. The van der Waals surface area contributed by atoms with Gasteiger partial charge in [-0.25, -0.2) is 0 Å². The van der Waals surface area contributed by atoms with Crippen molar-refractivity contribution < 1.29 is 9.84 Å². The van der Waals surface area contributed by atoms with Gasteiger partial charge < -0.3 is 20.5 Å². The second-order valence-electron chi connectivity index (χ2n) is 3.61. The van der Waals surface area contributed by atoms with Gasteiger partial charge in [0, 0.05) is 25.3 Å². The Labute approximate surface area is 90.3 Å². The average molecular weight is 210 g/mol. The van der Waals surface area contributed by atoms with Gasteiger partial charge in [0.05, 0.1) is 19.8 Å². The number of hydrogen-bond donors (Lipinski definition) is 2. The molecule has 3 N–H and O–H groups in total. The van der Waals surface area contributed by atoms with Crippen molar-refractivity contribution in [2.75, 3.05) is 32.7 Å². The van der Waals surface area contributed by atoms with E-state index in [2.05, 4.69) is 0 Å². The lowest BCUT2D eigenvalue weighted by atomic mass is 10.1. The van der Waals surface area contributed by atoms with E-state index in [0.29, 0.717) is 5.75 Å². The van der Waals surface area contributed by atoms with E-state index >= 15 is 0 Å². The van der Waals surface area contributed by atoms with Gasteiger partial charge in [0.25, 0.3) is 0 Å². The number of methoxy groups -OCH3 is 1. The number of aliphatic hydroxyl groups is 1. The summed E-state index contributed by atoms with van der Waals surface area (Å²) >= 11 is 0. The van der Waals surface area contributed by atoms with Crippen LogP contribution in [-0.2, 0) is 0 Å². The molecule has 0 aliphatic carbocycles. The number of hydrogen-bond acceptors (Lipinski definition) is 4. The Hall–Kier alpha value is -1.26. The molecule has 84 valence electrons. The van der Waals surface area contributed by atoms with Crippen LogP contribution in [0.1, 0.15) is 11.6 Å². The van der Waals surface area contributed by atoms with E-state index in [0.717, 1.165) is 11.3 Å². The summed E-state index contributed by atoms with van der Waals surface area (Å²) in [4.78, 5) is 1.98. The van der Waals surface area contributed by atoms with Gasteiger partial charge in [-0.15, -0.1) is 0 Å². The van der Waals surface area contributed by atoms with Crippen LogP contribution in [0.25, 0.3) is 0 Å². The first-order chi connectivity index (χ1) is 7.10. The van der Waals surface area contributed by atoms with Crippen LogP contribution < -0.4 is 15.4 Å². The van der Waals surface area contributed by atoms with Gasteiger partial charge in [-0.2, -0.15) is 0 Å². The molecule has 0 aliphatic heterocycles. The fourth-order valence-corrected chi connectivity index (χ4v) is 1.39. The largest absolute Gasteiger partial charge is 0.496 e. The fraction of sp³-hybridized carbons (Fsp3) is 0.455. The molecule has 4 heteroatoms. The number of nitrogens with zero attached hydrogens (tertiary/aromatic N) is 1. The molecule has 1 unspecified atom stereocenters. The first-order valence-electron chi connectivity index (χ1n) is 4.81. The maximum absolute atomic E-state index is 9.04. The van der Waals surface area contributed by atoms with E-state index in [4.69, 9.17) is 15.6 Å². The molecule has 1 atom stereocenters. The van der Waals surface area contributed by atoms with Gasteiger partial charge in [0.15, 0.2) is 0 Å². The van der Waals surface area contributed by atoms with Gasteiger partial charge in [0.2, 0.25) is 0 Å². The smallest absolute Gasteiger partial charge is 0.123 e. The minimum Gasteiger partial charge on any atom is -0.496 e. The Balaban J connectivity index is 3.13. The summed E-state index contributed by atoms with van der Waals surface area (Å²) in [5.74, 6) is 0.710. The Kier molecular flexibility index (Phi) is 3.94. The van der Waals surface area contributed by atoms with Crippen molar-refractivity contribution in [3.05, 3.63) is 23.8 Å². The summed E-state index contributed by atoms with van der Waals surface area (Å²) in [6.07, 6.45) is 0. The summed E-state index contributed by atoms with van der Waals surface area (Å²) in [5, 5.41) is 9.04. The fourth-order valence-electron chi connectivity index (χ4n) is 1.39. The maximum atomic E-state index is 9.04. The number of anilines is 1. The van der Waals surface area contributed by atoms with Crippen molar-refractivity contribution in [1.29, 1.82) is 0 Å². The van der Waals surface area contributed by atoms with Gasteiger partial charge in [-0.1, -0.05) is 0 Å². The highest BCUT2D eigenvalue weighted by Crippen LogP contribution is 2.27. The Bertz CT molecular complexity index is 326. The van der Waals surface area contributed by atoms with Crippen molar-refractivity contribution in [3.8, 4) is 5.75 Å². The molecular weight excluding hydrogens is 192 g/mol. The topological polar surface area (TPSA) is 58.7 Å². The van der Waals surface area contributed by atoms with E-state index in [1.54, 1.807) is 7.11 Å². The Morgan fingerprint density at radius 3 is 2.60 bits per heavy atom. The van der Waals surface area contributed by atoms with Crippen LogP contribution in [0.15, 0.2) is 18.2 Å². The molecule has 0 aromatic heterocycles. The molecule has 0 bridgehead atoms. The highest BCUT2D eigenvalue weighted by Gasteiger charge is 2.12. The first kappa shape index (κ1) is 11.8. The maximum Gasteiger partial charge on any atom is 0.123 e. The SMILES string of the molecule is COc1ccc(N(C)C)cc1C(N)CO. The number of aliphatic hydroxyl groups excluding tert-OH is 1. The van der Waals surface area contributed by atoms with Gasteiger partial charge in [-0.3, -0.25) is 0 Å². The molecule has 1 rings (SSSR count). The minimum absolute atomic E-state index is 0.0900. The molecule has 0 aliphatic rings. The summed E-state index contributed by atoms with van der Waals surface area (Å²) in [7, 11) is 5.50. The van der Waals surface area contributed by atoms with Crippen LogP contribution in [0.5, 0.6) is 5.75 Å². The van der Waals surface area contributed by atoms with Crippen LogP contribution in [0.2, 0.25) is 0 Å². The minimum atomic E-state index is -0.403. The van der Waals surface area contributed by atoms with Gasteiger partial charge >= 0.3 is 0 Å². The lowest BCUT2D eigenvalue weighted by molar-refractivity contribution is 0.264. The molecule has 0 radical (unpaired) electrons. The Morgan fingerprint density at radius 1 is 1.47 bits per heavy atom. The lowest BCUT2D eigenvalue weighted by Gasteiger charge is -2.18. The zero-order chi connectivity index (χ0) is 11.4. The molecule has 1 aromatic rings. The van der Waals surface area contributed by atoms with Gasteiger partial charge in [-0.05, 0) is 18.2 Å². The van der Waals surface area contributed by atoms with Crippen molar-refractivity contribution in [3.63, 3.8) is 0 Å². The highest BCUT2D eigenvalue weighted by atomic mass is 16.5. The quantitative estimate of drug-likeness (QED) is 0.770. The number of nitrogens with two attached hydrogens (primary N) is 1. The zero-order valence-corrected chi connectivity index (χ0v) is 9.40. The average Bonchev–Trinajstić information content (AvgIpc) is 2.27. The third kappa shape index (κ3) is 2.61. The van der Waals surface area contributed by atoms with E-state index < -0.39 is 6.04 Å². The Morgan fingerprint density at radius 2 is 2.13 bits per heavy atom. The molecule has 0 fully saturated rings. The number of ether oxygens (including phenoxy) is 1. The molecule has 0 spiro atoms. The van der Waals surface area contributed by atoms with Crippen molar-refractivity contribution in [1.82, 2.24) is 0 Å². The predicted molar refractivity (Wildman–Crippen MR) is 61.3 cm³/mol. The molecule has 1 aromatic carbocycles. The first-order valence-corrected chi connectivity index (χ1v) is 4.81. The third-order valence-corrected chi connectivity index (χ3v) is 2.33. The summed E-state index contributed by atoms with van der Waals surface area (Å²) in [6, 6.07) is 5.34. The molecule has 15 heavy (non-hydrogen) atoms. The van der Waals surface area contributed by atoms with Gasteiger partial charge in [0.1, 0.15) is 5.75 Å². The van der Waals surface area contributed by atoms with Crippen LogP contribution in [0, 0.1) is 0 Å². The van der Waals surface area contributed by atoms with E-state index in [-0.39, 0.29) is 6.61 Å². The summed E-state index contributed by atoms with van der Waals surface area (Å²) in [6.45, 7) is -0.0900. The molecule has 4 nitrogen and oxygen atoms in total. The van der Waals surface area contributed by atoms with Crippen molar-refractivity contribution in [2.24, 2.45) is 5.73 Å². The third-order valence-electron chi connectivity index (χ3n) is 2.33. The highest BCUT2D eigenvalue weighted by molar-refractivity contribution is 5.53. The monoisotopic (exact) mass is 210 g/mol. The summed E-state index contributed by atoms with van der Waals surface area (Å²) < 4.78 is 5.19. The van der Waals surface area contributed by atoms with Crippen LogP contribution in [0.3, 0.4) is 0 Å². The van der Waals surface area contributed by atoms with E-state index in [9.17, 15) is 0 Å². The van der Waals surface area contributed by atoms with Crippen molar-refractivity contribution >= 4 is 5.69 Å². The molecule has 0 heterocycles. The summed E-state index contributed by atoms with van der Waals surface area (Å²) in [5.41, 5.74) is 7.65. The molecule has 0 amide bonds. The van der Waals surface area contributed by atoms with E-state index in [1.807, 2.05) is 37.2 Å². The standard InChI is InChI=1S/C11H18N2O2/c1-13(2)8-4-5-11(15-3)9(6-8)10(12)7-14/h4-6,10,14H,7,12H2,1-3H3. The van der Waals surface area contributed by atoms with Crippen LogP contribution >= 0.6 is 0 Å². The van der Waals surface area contributed by atoms with Crippen LogP contribution in [-0.4, -0.2) is 32.9 Å². The molecule has 0 saturated carbocycles. The predicted octanol–water partition coefficient (Wildman–Crippen LogP) is 0.753. The second kappa shape index (κ2) is 5.00. The van der Waals surface area contributed by atoms with Crippen molar-refractivity contribution in [2.45, 2.75) is 6.04 Å². The number of benzene rings is 1. The zero-order valence-electron chi connectivity index (χ0n) is 9.40. The number of rotatable bonds is 4. The molecular formula is C11H18N2O2. The van der Waals surface area contributed by atoms with E-state index in [1.165, 1.54) is 0 Å². The normalized spacial score (nSPS) is 12.3. The van der Waals surface area contributed by atoms with Crippen LogP contribution in [0.4, 0.5) is 5.69 Å². The molecule has 0 saturated heterocycles. The second-order valence-corrected chi connectivity index (χ2v) is 3.61.